The number of hydrogen-bond acceptors (Lipinski definition) is 2. The van der Waals surface area contributed by atoms with E-state index >= 15 is 0 Å². The number of halogens is 1. The van der Waals surface area contributed by atoms with E-state index in [-0.39, 0.29) is 12.5 Å². The van der Waals surface area contributed by atoms with Crippen molar-refractivity contribution in [3.8, 4) is 0 Å². The molecule has 0 heterocycles. The van der Waals surface area contributed by atoms with Crippen LogP contribution in [0.1, 0.15) is 15.9 Å². The van der Waals surface area contributed by atoms with Crippen molar-refractivity contribution >= 4 is 34.7 Å². The van der Waals surface area contributed by atoms with Crippen LogP contribution in [0, 0.1) is 6.92 Å². The van der Waals surface area contributed by atoms with Crippen LogP contribution in [0.4, 0.5) is 0 Å². The van der Waals surface area contributed by atoms with E-state index in [0.29, 0.717) is 15.6 Å². The molecule has 2 N–H and O–H groups in total. The quantitative estimate of drug-likeness (QED) is 0.842. The molecule has 0 radical (unpaired) electrons. The van der Waals surface area contributed by atoms with Crippen molar-refractivity contribution in [1.82, 2.24) is 4.90 Å². The van der Waals surface area contributed by atoms with Crippen LogP contribution in [-0.4, -0.2) is 29.4 Å². The van der Waals surface area contributed by atoms with Crippen LogP contribution < -0.4 is 5.73 Å². The lowest BCUT2D eigenvalue weighted by atomic mass is 10.1. The third kappa shape index (κ3) is 3.18. The molecule has 0 saturated heterocycles. The Bertz CT molecular complexity index is 434. The first-order chi connectivity index (χ1) is 7.41. The number of rotatable bonds is 3. The fraction of sp³-hybridized carbons (Fsp3) is 0.273. The predicted molar refractivity (Wildman–Crippen MR) is 69.9 cm³/mol. The number of carbonyl (C=O) groups excluding carboxylic acids is 1. The Labute approximate surface area is 105 Å². The Morgan fingerprint density at radius 2 is 2.19 bits per heavy atom. The lowest BCUT2D eigenvalue weighted by Gasteiger charge is -2.16. The average Bonchev–Trinajstić information content (AvgIpc) is 2.20. The Kier molecular flexibility index (Phi) is 4.26. The van der Waals surface area contributed by atoms with Crippen molar-refractivity contribution in [2.75, 3.05) is 13.6 Å². The van der Waals surface area contributed by atoms with Crippen LogP contribution in [0.2, 0.25) is 5.02 Å². The van der Waals surface area contributed by atoms with Gasteiger partial charge in [-0.2, -0.15) is 0 Å². The first-order valence-corrected chi connectivity index (χ1v) is 5.50. The molecule has 0 aliphatic rings. The molecule has 0 aliphatic heterocycles. The number of carbonyl (C=O) groups is 1. The summed E-state index contributed by atoms with van der Waals surface area (Å²) < 4.78 is 0. The van der Waals surface area contributed by atoms with Crippen LogP contribution in [0.25, 0.3) is 0 Å². The van der Waals surface area contributed by atoms with E-state index in [1.165, 1.54) is 4.90 Å². The molecule has 0 aliphatic carbocycles. The van der Waals surface area contributed by atoms with Crippen molar-refractivity contribution in [1.29, 1.82) is 0 Å². The number of benzene rings is 1. The largest absolute Gasteiger partial charge is 0.392 e. The van der Waals surface area contributed by atoms with Crippen LogP contribution in [-0.2, 0) is 0 Å². The van der Waals surface area contributed by atoms with Gasteiger partial charge >= 0.3 is 0 Å². The fourth-order valence-corrected chi connectivity index (χ4v) is 1.61. The summed E-state index contributed by atoms with van der Waals surface area (Å²) in [4.78, 5) is 13.7. The highest BCUT2D eigenvalue weighted by molar-refractivity contribution is 7.80. The molecule has 0 fully saturated rings. The van der Waals surface area contributed by atoms with E-state index in [0.717, 1.165) is 5.56 Å². The smallest absolute Gasteiger partial charge is 0.253 e. The number of likely N-dealkylation sites (N-methyl/N-ethyl adjacent to an activating group) is 1. The minimum atomic E-state index is -0.118. The number of hydrogen-bond donors (Lipinski definition) is 1. The van der Waals surface area contributed by atoms with Gasteiger partial charge in [0.2, 0.25) is 0 Å². The van der Waals surface area contributed by atoms with Gasteiger partial charge in [0.1, 0.15) is 0 Å². The minimum absolute atomic E-state index is 0.118. The highest BCUT2D eigenvalue weighted by Gasteiger charge is 2.12. The highest BCUT2D eigenvalue weighted by Crippen LogP contribution is 2.17. The monoisotopic (exact) mass is 256 g/mol. The summed E-state index contributed by atoms with van der Waals surface area (Å²) in [6.07, 6.45) is 0. The topological polar surface area (TPSA) is 46.3 Å². The van der Waals surface area contributed by atoms with E-state index in [2.05, 4.69) is 0 Å². The molecule has 0 unspecified atom stereocenters. The van der Waals surface area contributed by atoms with Crippen LogP contribution >= 0.6 is 23.8 Å². The van der Waals surface area contributed by atoms with Gasteiger partial charge in [0.15, 0.2) is 0 Å². The van der Waals surface area contributed by atoms with Gasteiger partial charge in [-0.15, -0.1) is 0 Å². The summed E-state index contributed by atoms with van der Waals surface area (Å²) in [5, 5.41) is 0.647. The number of nitrogens with zero attached hydrogens (tertiary/aromatic N) is 1. The second-order valence-electron chi connectivity index (χ2n) is 3.59. The molecule has 0 atom stereocenters. The van der Waals surface area contributed by atoms with Gasteiger partial charge in [-0.3, -0.25) is 4.79 Å². The molecular weight excluding hydrogens is 244 g/mol. The SMILES string of the molecule is Cc1cc(C(=O)N(C)CC(N)=S)ccc1Cl. The Morgan fingerprint density at radius 1 is 1.56 bits per heavy atom. The maximum atomic E-state index is 11.9. The summed E-state index contributed by atoms with van der Waals surface area (Å²) >= 11 is 10.6. The van der Waals surface area contributed by atoms with Crippen molar-refractivity contribution in [3.63, 3.8) is 0 Å². The van der Waals surface area contributed by atoms with Gasteiger partial charge in [-0.1, -0.05) is 23.8 Å². The average molecular weight is 257 g/mol. The lowest BCUT2D eigenvalue weighted by Crippen LogP contribution is -2.34. The molecule has 1 aromatic rings. The van der Waals surface area contributed by atoms with Crippen molar-refractivity contribution in [2.24, 2.45) is 5.73 Å². The Balaban J connectivity index is 2.88. The van der Waals surface area contributed by atoms with Crippen molar-refractivity contribution in [2.45, 2.75) is 6.92 Å². The number of aryl methyl sites for hydroxylation is 1. The molecule has 0 aromatic heterocycles. The van der Waals surface area contributed by atoms with Crippen LogP contribution in [0.15, 0.2) is 18.2 Å². The Morgan fingerprint density at radius 3 is 2.69 bits per heavy atom. The molecule has 1 amide bonds. The number of thiocarbonyl (C=S) groups is 1. The van der Waals surface area contributed by atoms with Gasteiger partial charge in [-0.25, -0.2) is 0 Å². The maximum Gasteiger partial charge on any atom is 0.253 e. The number of amides is 1. The zero-order chi connectivity index (χ0) is 12.3. The summed E-state index contributed by atoms with van der Waals surface area (Å²) in [6.45, 7) is 2.13. The standard InChI is InChI=1S/C11H13ClN2OS/c1-7-5-8(3-4-9(7)12)11(15)14(2)6-10(13)16/h3-5H,6H2,1-2H3,(H2,13,16). The van der Waals surface area contributed by atoms with Gasteiger partial charge < -0.3 is 10.6 Å². The maximum absolute atomic E-state index is 11.9. The number of nitrogens with two attached hydrogens (primary N) is 1. The molecular formula is C11H13ClN2OS. The summed E-state index contributed by atoms with van der Waals surface area (Å²) in [5.41, 5.74) is 6.84. The minimum Gasteiger partial charge on any atom is -0.392 e. The molecule has 0 spiro atoms. The highest BCUT2D eigenvalue weighted by atomic mass is 35.5. The van der Waals surface area contributed by atoms with Crippen molar-refractivity contribution in [3.05, 3.63) is 34.3 Å². The zero-order valence-electron chi connectivity index (χ0n) is 9.16. The van der Waals surface area contributed by atoms with Gasteiger partial charge in [0.05, 0.1) is 11.5 Å². The molecule has 0 bridgehead atoms. The van der Waals surface area contributed by atoms with E-state index in [4.69, 9.17) is 29.6 Å². The third-order valence-corrected chi connectivity index (χ3v) is 2.70. The van der Waals surface area contributed by atoms with Gasteiger partial charge in [-0.05, 0) is 30.7 Å². The predicted octanol–water partition coefficient (Wildman–Crippen LogP) is 2.01. The summed E-state index contributed by atoms with van der Waals surface area (Å²) in [5.74, 6) is -0.118. The molecule has 86 valence electrons. The van der Waals surface area contributed by atoms with Gasteiger partial charge in [0, 0.05) is 17.6 Å². The molecule has 1 aromatic carbocycles. The van der Waals surface area contributed by atoms with E-state index in [1.54, 1.807) is 25.2 Å². The van der Waals surface area contributed by atoms with Crippen LogP contribution in [0.5, 0.6) is 0 Å². The van der Waals surface area contributed by atoms with Gasteiger partial charge in [0.25, 0.3) is 5.91 Å². The Hall–Kier alpha value is -1.13. The third-order valence-electron chi connectivity index (χ3n) is 2.14. The van der Waals surface area contributed by atoms with E-state index in [1.807, 2.05) is 6.92 Å². The normalized spacial score (nSPS) is 9.94. The first-order valence-electron chi connectivity index (χ1n) is 4.71. The fourth-order valence-electron chi connectivity index (χ4n) is 1.30. The molecule has 0 saturated carbocycles. The first kappa shape index (κ1) is 12.9. The van der Waals surface area contributed by atoms with Crippen LogP contribution in [0.3, 0.4) is 0 Å². The lowest BCUT2D eigenvalue weighted by molar-refractivity contribution is 0.0815. The van der Waals surface area contributed by atoms with E-state index in [9.17, 15) is 4.79 Å². The summed E-state index contributed by atoms with van der Waals surface area (Å²) in [7, 11) is 1.66. The molecule has 16 heavy (non-hydrogen) atoms. The van der Waals surface area contributed by atoms with E-state index < -0.39 is 0 Å². The molecule has 3 nitrogen and oxygen atoms in total. The molecule has 5 heteroatoms. The second-order valence-corrected chi connectivity index (χ2v) is 4.52. The molecule has 1 rings (SSSR count). The summed E-state index contributed by atoms with van der Waals surface area (Å²) in [6, 6.07) is 5.15. The zero-order valence-corrected chi connectivity index (χ0v) is 10.7. The second kappa shape index (κ2) is 5.27. The van der Waals surface area contributed by atoms with Crippen molar-refractivity contribution < 1.29 is 4.79 Å².